The minimum Gasteiger partial charge on any atom is -0.456 e. The Morgan fingerprint density at radius 3 is 2.16 bits per heavy atom. The van der Waals surface area contributed by atoms with Crippen LogP contribution in [0.4, 0.5) is 11.4 Å². The SMILES string of the molecule is [2H]C1=C([2H])C(c2c([2H])c([2H])c(-c3c([2H])c([2H])c([2H])c4c([2H])c([2H])c([2H])c([2H])c34)c([2H])c2[2H])C([2H])C([2H])=C1N(c1ccccc1-c1cccc2oc3cc4ccccc4cc3c12)c1cccc2ccccc12. The van der Waals surface area contributed by atoms with Crippen LogP contribution in [0.1, 0.15) is 38.4 Å². The van der Waals surface area contributed by atoms with Crippen molar-refractivity contribution in [2.75, 3.05) is 4.90 Å². The van der Waals surface area contributed by atoms with Crippen LogP contribution in [0.25, 0.3) is 76.5 Å². The lowest BCUT2D eigenvalue weighted by molar-refractivity contribution is 0.669. The Hall–Kier alpha value is -7.16. The zero-order chi connectivity index (χ0) is 50.1. The van der Waals surface area contributed by atoms with Gasteiger partial charge in [-0.25, -0.2) is 0 Å². The van der Waals surface area contributed by atoms with Crippen LogP contribution in [0.15, 0.2) is 216 Å². The van der Waals surface area contributed by atoms with E-state index in [1.54, 1.807) is 4.90 Å². The molecule has 0 amide bonds. The number of hydrogen-bond acceptors (Lipinski definition) is 2. The Labute approximate surface area is 347 Å². The summed E-state index contributed by atoms with van der Waals surface area (Å²) in [4.78, 5) is 1.71. The van der Waals surface area contributed by atoms with E-state index in [1.165, 1.54) is 0 Å². The van der Waals surface area contributed by atoms with Gasteiger partial charge in [-0.2, -0.15) is 0 Å². The number of benzene rings is 9. The molecule has 2 unspecified atom stereocenters. The first-order chi connectivity index (χ1) is 34.0. The number of allylic oxidation sites excluding steroid dienone is 3. The maximum absolute atomic E-state index is 9.85. The summed E-state index contributed by atoms with van der Waals surface area (Å²) in [5.41, 5.74) is 2.15. The molecule has 11 rings (SSSR count). The van der Waals surface area contributed by atoms with Crippen LogP contribution in [0, 0.1) is 0 Å². The quantitative estimate of drug-likeness (QED) is 0.169. The minimum absolute atomic E-state index is 0.116. The first-order valence-corrected chi connectivity index (χ1v) is 18.2. The second-order valence-corrected chi connectivity index (χ2v) is 13.5. The third kappa shape index (κ3) is 5.41. The molecule has 0 aliphatic heterocycles. The van der Waals surface area contributed by atoms with E-state index in [2.05, 4.69) is 6.07 Å². The predicted octanol–water partition coefficient (Wildman–Crippen LogP) is 15.1. The van der Waals surface area contributed by atoms with Gasteiger partial charge in [-0.3, -0.25) is 0 Å². The molecule has 0 spiro atoms. The highest BCUT2D eigenvalue weighted by atomic mass is 16.3. The summed E-state index contributed by atoms with van der Waals surface area (Å²) in [6, 6.07) is 28.9. The lowest BCUT2D eigenvalue weighted by atomic mass is 9.89. The van der Waals surface area contributed by atoms with Gasteiger partial charge in [-0.15, -0.1) is 0 Å². The highest BCUT2D eigenvalue weighted by molar-refractivity contribution is 6.16. The summed E-state index contributed by atoms with van der Waals surface area (Å²) >= 11 is 0. The standard InChI is InChI=1S/C54H37NO/c1-2-15-42-35-53-49(34-41(42)14-1)54-48(22-11-25-52(54)56-53)47-20-7-8-23-51(47)55(50-24-10-17-39-13-4-6-19-46(39)50)43-32-30-37(31-33-43)36-26-28-40(29-27-36)45-21-9-16-38-12-3-5-18-44(38)45/h1-30,32-35,37H,31H2/i3D,5D,9D,12D,16D,18D,21D,26D,27D,28D,29D,30D,31D,32D,33D. The van der Waals surface area contributed by atoms with Crippen LogP contribution in [0.5, 0.6) is 0 Å². The van der Waals surface area contributed by atoms with Gasteiger partial charge in [0, 0.05) is 34.7 Å². The molecule has 0 fully saturated rings. The Bertz CT molecular complexity index is 4010. The smallest absolute Gasteiger partial charge is 0.136 e. The Morgan fingerprint density at radius 1 is 0.536 bits per heavy atom. The molecular formula is C54H37NO. The van der Waals surface area contributed by atoms with Crippen LogP contribution in [0.2, 0.25) is 0 Å². The molecule has 10 aromatic rings. The maximum Gasteiger partial charge on any atom is 0.136 e. The van der Waals surface area contributed by atoms with Crippen LogP contribution >= 0.6 is 0 Å². The van der Waals surface area contributed by atoms with Crippen LogP contribution < -0.4 is 4.90 Å². The fourth-order valence-corrected chi connectivity index (χ4v) is 7.67. The Balaban J connectivity index is 1.13. The lowest BCUT2D eigenvalue weighted by Gasteiger charge is -2.32. The fourth-order valence-electron chi connectivity index (χ4n) is 7.67. The van der Waals surface area contributed by atoms with E-state index in [-0.39, 0.29) is 5.70 Å². The van der Waals surface area contributed by atoms with Gasteiger partial charge in [0.2, 0.25) is 0 Å². The topological polar surface area (TPSA) is 16.4 Å². The fraction of sp³-hybridized carbons (Fsp3) is 0.0370. The lowest BCUT2D eigenvalue weighted by Crippen LogP contribution is -2.18. The van der Waals surface area contributed by atoms with E-state index in [4.69, 9.17) is 14.0 Å². The van der Waals surface area contributed by atoms with Gasteiger partial charge >= 0.3 is 0 Å². The summed E-state index contributed by atoms with van der Waals surface area (Å²) in [6.45, 7) is 0. The molecule has 0 bridgehead atoms. The number of nitrogens with zero attached hydrogens (tertiary/aromatic N) is 1. The number of para-hydroxylation sites is 1. The molecule has 1 aliphatic carbocycles. The first-order valence-electron chi connectivity index (χ1n) is 25.7. The molecule has 2 atom stereocenters. The van der Waals surface area contributed by atoms with Crippen LogP contribution in [0.3, 0.4) is 0 Å². The van der Waals surface area contributed by atoms with Crippen molar-refractivity contribution >= 4 is 65.6 Å². The third-order valence-corrected chi connectivity index (χ3v) is 10.3. The van der Waals surface area contributed by atoms with Crippen molar-refractivity contribution in [3.05, 3.63) is 217 Å². The summed E-state index contributed by atoms with van der Waals surface area (Å²) in [5, 5.41) is 4.45. The molecule has 0 radical (unpaired) electrons. The first kappa shape index (κ1) is 20.5. The van der Waals surface area contributed by atoms with E-state index >= 15 is 0 Å². The molecule has 1 aliphatic rings. The number of rotatable bonds is 6. The molecule has 264 valence electrons. The van der Waals surface area contributed by atoms with Gasteiger partial charge in [-0.1, -0.05) is 170 Å². The normalized spacial score (nSPS) is 19.8. The van der Waals surface area contributed by atoms with Gasteiger partial charge in [-0.05, 0) is 92.0 Å². The molecule has 0 N–H and O–H groups in total. The second kappa shape index (κ2) is 13.3. The second-order valence-electron chi connectivity index (χ2n) is 13.5. The van der Waals surface area contributed by atoms with Crippen molar-refractivity contribution in [1.29, 1.82) is 0 Å². The summed E-state index contributed by atoms with van der Waals surface area (Å²) in [6.07, 6.45) is -1.77. The van der Waals surface area contributed by atoms with Gasteiger partial charge in [0.05, 0.1) is 30.6 Å². The Kier molecular flexibility index (Phi) is 4.87. The average molecular weight is 731 g/mol. The van der Waals surface area contributed by atoms with E-state index in [9.17, 15) is 11.0 Å². The summed E-state index contributed by atoms with van der Waals surface area (Å²) in [5.74, 6) is -1.68. The van der Waals surface area contributed by atoms with E-state index in [1.807, 2.05) is 115 Å². The van der Waals surface area contributed by atoms with E-state index in [0.717, 1.165) is 37.9 Å². The van der Waals surface area contributed by atoms with Crippen molar-refractivity contribution in [3.8, 4) is 22.3 Å². The van der Waals surface area contributed by atoms with Crippen molar-refractivity contribution < 1.29 is 25.0 Å². The number of hydrogen-bond donors (Lipinski definition) is 0. The maximum atomic E-state index is 9.85. The van der Waals surface area contributed by atoms with Crippen molar-refractivity contribution in [2.24, 2.45) is 0 Å². The average Bonchev–Trinajstić information content (AvgIpc) is 3.75. The van der Waals surface area contributed by atoms with Gasteiger partial charge in [0.15, 0.2) is 0 Å². The molecule has 1 aromatic heterocycles. The van der Waals surface area contributed by atoms with E-state index in [0.29, 0.717) is 28.1 Å². The van der Waals surface area contributed by atoms with Gasteiger partial charge < -0.3 is 9.32 Å². The molecule has 56 heavy (non-hydrogen) atoms. The highest BCUT2D eigenvalue weighted by Crippen LogP contribution is 2.46. The number of furan rings is 1. The van der Waals surface area contributed by atoms with Crippen molar-refractivity contribution in [3.63, 3.8) is 0 Å². The Morgan fingerprint density at radius 2 is 1.25 bits per heavy atom. The van der Waals surface area contributed by atoms with Gasteiger partial charge in [0.25, 0.3) is 0 Å². The zero-order valence-corrected chi connectivity index (χ0v) is 29.6. The monoisotopic (exact) mass is 730 g/mol. The van der Waals surface area contributed by atoms with E-state index < -0.39 is 124 Å². The largest absolute Gasteiger partial charge is 0.456 e. The molecule has 2 nitrogen and oxygen atoms in total. The van der Waals surface area contributed by atoms with Crippen LogP contribution in [-0.2, 0) is 0 Å². The molecule has 0 saturated carbocycles. The molecule has 1 heterocycles. The number of anilines is 2. The molecule has 2 heteroatoms. The van der Waals surface area contributed by atoms with Crippen LogP contribution in [-0.4, -0.2) is 0 Å². The van der Waals surface area contributed by atoms with Crippen molar-refractivity contribution in [1.82, 2.24) is 0 Å². The third-order valence-electron chi connectivity index (χ3n) is 10.3. The molecular weight excluding hydrogens is 679 g/mol. The summed E-state index contributed by atoms with van der Waals surface area (Å²) < 4.78 is 143. The van der Waals surface area contributed by atoms with Crippen molar-refractivity contribution in [2.45, 2.75) is 12.3 Å². The minimum atomic E-state index is -1.77. The highest BCUT2D eigenvalue weighted by Gasteiger charge is 2.24. The molecule has 9 aromatic carbocycles. The molecule has 0 saturated heterocycles. The number of fused-ring (bicyclic) bond motifs is 6. The summed E-state index contributed by atoms with van der Waals surface area (Å²) in [7, 11) is 0. The zero-order valence-electron chi connectivity index (χ0n) is 44.6. The predicted molar refractivity (Wildman–Crippen MR) is 237 cm³/mol. The van der Waals surface area contributed by atoms with Gasteiger partial charge in [0.1, 0.15) is 11.2 Å².